The summed E-state index contributed by atoms with van der Waals surface area (Å²) in [6, 6.07) is 11.9. The van der Waals surface area contributed by atoms with Crippen molar-refractivity contribution in [1.82, 2.24) is 9.78 Å². The van der Waals surface area contributed by atoms with E-state index in [0.29, 0.717) is 10.4 Å². The lowest BCUT2D eigenvalue weighted by Crippen LogP contribution is -2.14. The van der Waals surface area contributed by atoms with E-state index in [2.05, 4.69) is 10.2 Å². The Morgan fingerprint density at radius 3 is 2.27 bits per heavy atom. The first-order valence-corrected chi connectivity index (χ1v) is 8.89. The van der Waals surface area contributed by atoms with E-state index in [1.807, 2.05) is 12.0 Å². The monoisotopic (exact) mass is 418 g/mol. The molecule has 30 heavy (non-hydrogen) atoms. The van der Waals surface area contributed by atoms with Crippen molar-refractivity contribution in [2.45, 2.75) is 20.0 Å². The third-order valence-corrected chi connectivity index (χ3v) is 4.09. The molecule has 1 heterocycles. The fourth-order valence-electron chi connectivity index (χ4n) is 2.58. The Morgan fingerprint density at radius 1 is 1.07 bits per heavy atom. The van der Waals surface area contributed by atoms with E-state index < -0.39 is 29.1 Å². The van der Waals surface area contributed by atoms with Crippen LogP contribution in [0, 0.1) is 6.92 Å². The Kier molecular flexibility index (Phi) is 5.86. The van der Waals surface area contributed by atoms with Crippen LogP contribution in [0.5, 0.6) is 0 Å². The maximum absolute atomic E-state index is 13.4. The zero-order valence-corrected chi connectivity index (χ0v) is 16.0. The number of halogens is 3. The quantitative estimate of drug-likeness (QED) is 0.463. The standard InChI is InChI=1S/C20H17F3N4O3/c1-3-30-19(29)13-6-10-15(11-7-13)27-18(28)16(17(26-27)20(21,22)23)25-24-14-8-4-12(2)5-9-14/h4-11,26H,3H2,1-2H3. The van der Waals surface area contributed by atoms with Gasteiger partial charge in [0, 0.05) is 0 Å². The van der Waals surface area contributed by atoms with Crippen molar-refractivity contribution in [3.8, 4) is 5.69 Å². The molecule has 0 bridgehead atoms. The second-order valence-electron chi connectivity index (χ2n) is 6.28. The van der Waals surface area contributed by atoms with Crippen LogP contribution in [-0.2, 0) is 10.9 Å². The summed E-state index contributed by atoms with van der Waals surface area (Å²) in [5.41, 5.74) is -1.66. The van der Waals surface area contributed by atoms with E-state index in [1.54, 1.807) is 31.2 Å². The summed E-state index contributed by atoms with van der Waals surface area (Å²) in [6.45, 7) is 3.68. The molecule has 0 fully saturated rings. The Labute approximate surface area is 168 Å². The number of aromatic amines is 1. The van der Waals surface area contributed by atoms with Crippen LogP contribution in [0.1, 0.15) is 28.5 Å². The van der Waals surface area contributed by atoms with E-state index in [-0.39, 0.29) is 17.9 Å². The fourth-order valence-corrected chi connectivity index (χ4v) is 2.58. The summed E-state index contributed by atoms with van der Waals surface area (Å²) in [6.07, 6.45) is -4.85. The summed E-state index contributed by atoms with van der Waals surface area (Å²) < 4.78 is 45.9. The molecule has 0 amide bonds. The van der Waals surface area contributed by atoms with Gasteiger partial charge in [-0.1, -0.05) is 17.7 Å². The van der Waals surface area contributed by atoms with Crippen LogP contribution in [0.2, 0.25) is 0 Å². The van der Waals surface area contributed by atoms with Crippen molar-refractivity contribution >= 4 is 17.3 Å². The molecule has 2 aromatic carbocycles. The fraction of sp³-hybridized carbons (Fsp3) is 0.200. The highest BCUT2D eigenvalue weighted by atomic mass is 19.4. The topological polar surface area (TPSA) is 88.8 Å². The third kappa shape index (κ3) is 4.48. The van der Waals surface area contributed by atoms with Crippen molar-refractivity contribution in [2.75, 3.05) is 6.61 Å². The van der Waals surface area contributed by atoms with Crippen molar-refractivity contribution in [2.24, 2.45) is 10.2 Å². The van der Waals surface area contributed by atoms with Crippen LogP contribution in [0.15, 0.2) is 63.6 Å². The number of carbonyl (C=O) groups excluding carboxylic acids is 1. The minimum absolute atomic E-state index is 0.0929. The minimum Gasteiger partial charge on any atom is -0.462 e. The molecule has 0 atom stereocenters. The van der Waals surface area contributed by atoms with Gasteiger partial charge < -0.3 is 4.74 Å². The van der Waals surface area contributed by atoms with Crippen molar-refractivity contribution in [3.63, 3.8) is 0 Å². The molecule has 0 aliphatic carbocycles. The molecular weight excluding hydrogens is 401 g/mol. The highest BCUT2D eigenvalue weighted by Gasteiger charge is 2.38. The van der Waals surface area contributed by atoms with Crippen molar-refractivity contribution in [3.05, 3.63) is 75.7 Å². The number of hydrogen-bond donors (Lipinski definition) is 1. The van der Waals surface area contributed by atoms with E-state index in [1.165, 1.54) is 24.3 Å². The Balaban J connectivity index is 2.02. The van der Waals surface area contributed by atoms with Crippen LogP contribution in [0.25, 0.3) is 5.69 Å². The molecule has 7 nitrogen and oxygen atoms in total. The highest BCUT2D eigenvalue weighted by Crippen LogP contribution is 2.34. The van der Waals surface area contributed by atoms with Gasteiger partial charge in [-0.3, -0.25) is 9.89 Å². The number of rotatable bonds is 5. The second kappa shape index (κ2) is 8.36. The zero-order chi connectivity index (χ0) is 21.9. The number of aryl methyl sites for hydroxylation is 1. The molecule has 0 aliphatic heterocycles. The smallest absolute Gasteiger partial charge is 0.435 e. The number of azo groups is 1. The van der Waals surface area contributed by atoms with Gasteiger partial charge >= 0.3 is 12.1 Å². The number of esters is 1. The number of hydrogen-bond acceptors (Lipinski definition) is 5. The number of ether oxygens (including phenoxy) is 1. The molecule has 0 saturated carbocycles. The Hall–Kier alpha value is -3.69. The maximum Gasteiger partial charge on any atom is 0.435 e. The largest absolute Gasteiger partial charge is 0.462 e. The average Bonchev–Trinajstić information content (AvgIpc) is 3.04. The molecule has 0 saturated heterocycles. The summed E-state index contributed by atoms with van der Waals surface area (Å²) in [5.74, 6) is -0.577. The van der Waals surface area contributed by atoms with E-state index >= 15 is 0 Å². The van der Waals surface area contributed by atoms with Gasteiger partial charge in [-0.2, -0.15) is 18.3 Å². The van der Waals surface area contributed by atoms with Gasteiger partial charge in [-0.05, 0) is 50.2 Å². The summed E-state index contributed by atoms with van der Waals surface area (Å²) in [5, 5.41) is 9.34. The van der Waals surface area contributed by atoms with Gasteiger partial charge in [0.05, 0.1) is 23.5 Å². The minimum atomic E-state index is -4.85. The van der Waals surface area contributed by atoms with Crippen LogP contribution in [0.3, 0.4) is 0 Å². The lowest BCUT2D eigenvalue weighted by molar-refractivity contribution is -0.140. The molecule has 10 heteroatoms. The van der Waals surface area contributed by atoms with Gasteiger partial charge in [0.2, 0.25) is 0 Å². The van der Waals surface area contributed by atoms with Crippen LogP contribution < -0.4 is 5.56 Å². The SMILES string of the molecule is CCOC(=O)c1ccc(-n2[nH]c(C(F)(F)F)c(N=Nc3ccc(C)cc3)c2=O)cc1. The highest BCUT2D eigenvalue weighted by molar-refractivity contribution is 5.89. The van der Waals surface area contributed by atoms with Gasteiger partial charge in [0.1, 0.15) is 0 Å². The zero-order valence-electron chi connectivity index (χ0n) is 16.0. The summed E-state index contributed by atoms with van der Waals surface area (Å²) in [7, 11) is 0. The van der Waals surface area contributed by atoms with Gasteiger partial charge in [-0.25, -0.2) is 9.48 Å². The Bertz CT molecular complexity index is 1130. The predicted molar refractivity (Wildman–Crippen MR) is 103 cm³/mol. The normalized spacial score (nSPS) is 11.8. The van der Waals surface area contributed by atoms with Gasteiger partial charge in [0.15, 0.2) is 11.4 Å². The third-order valence-electron chi connectivity index (χ3n) is 4.09. The summed E-state index contributed by atoms with van der Waals surface area (Å²) >= 11 is 0. The molecule has 0 spiro atoms. The number of nitrogens with zero attached hydrogens (tertiary/aromatic N) is 3. The Morgan fingerprint density at radius 2 is 1.70 bits per heavy atom. The van der Waals surface area contributed by atoms with E-state index in [9.17, 15) is 22.8 Å². The van der Waals surface area contributed by atoms with Crippen molar-refractivity contribution in [1.29, 1.82) is 0 Å². The first-order valence-electron chi connectivity index (χ1n) is 8.89. The first kappa shape index (κ1) is 21.0. The molecule has 0 unspecified atom stereocenters. The van der Waals surface area contributed by atoms with Crippen LogP contribution in [0.4, 0.5) is 24.5 Å². The van der Waals surface area contributed by atoms with E-state index in [4.69, 9.17) is 4.74 Å². The number of nitrogens with one attached hydrogen (secondary N) is 1. The summed E-state index contributed by atoms with van der Waals surface area (Å²) in [4.78, 5) is 24.3. The average molecular weight is 418 g/mol. The molecule has 0 radical (unpaired) electrons. The molecule has 156 valence electrons. The lowest BCUT2D eigenvalue weighted by Gasteiger charge is -2.05. The van der Waals surface area contributed by atoms with Crippen molar-refractivity contribution < 1.29 is 22.7 Å². The van der Waals surface area contributed by atoms with Crippen LogP contribution in [-0.4, -0.2) is 22.4 Å². The number of carbonyl (C=O) groups is 1. The molecular formula is C20H17F3N4O3. The second-order valence-corrected chi connectivity index (χ2v) is 6.28. The molecule has 1 N–H and O–H groups in total. The number of benzene rings is 2. The predicted octanol–water partition coefficient (Wildman–Crippen LogP) is 5.08. The molecule has 0 aliphatic rings. The number of H-pyrrole nitrogens is 1. The van der Waals surface area contributed by atoms with E-state index in [0.717, 1.165) is 5.56 Å². The number of aromatic nitrogens is 2. The first-order chi connectivity index (χ1) is 14.2. The molecule has 3 aromatic rings. The number of alkyl halides is 3. The van der Waals surface area contributed by atoms with Crippen LogP contribution >= 0.6 is 0 Å². The lowest BCUT2D eigenvalue weighted by atomic mass is 10.2. The molecule has 3 rings (SSSR count). The van der Waals surface area contributed by atoms with Gasteiger partial charge in [-0.15, -0.1) is 5.11 Å². The molecule has 1 aromatic heterocycles. The maximum atomic E-state index is 13.4. The van der Waals surface area contributed by atoms with Gasteiger partial charge in [0.25, 0.3) is 5.56 Å².